The molecular weight excluding hydrogens is 435 g/mol. The van der Waals surface area contributed by atoms with Crippen molar-refractivity contribution in [3.8, 4) is 0 Å². The summed E-state index contributed by atoms with van der Waals surface area (Å²) in [6.07, 6.45) is 1.39. The lowest BCUT2D eigenvalue weighted by atomic mass is 9.91. The highest BCUT2D eigenvalue weighted by Crippen LogP contribution is 2.26. The fraction of sp³-hybridized carbons (Fsp3) is 0.647. The van der Waals surface area contributed by atoms with E-state index in [2.05, 4.69) is 59.2 Å². The van der Waals surface area contributed by atoms with Crippen molar-refractivity contribution in [1.29, 1.82) is 0 Å². The average Bonchev–Trinajstić information content (AvgIpc) is 3.05. The van der Waals surface area contributed by atoms with Crippen molar-refractivity contribution < 1.29 is 4.79 Å². The summed E-state index contributed by atoms with van der Waals surface area (Å²) in [5.74, 6) is 0.798. The second kappa shape index (κ2) is 11.7. The summed E-state index contributed by atoms with van der Waals surface area (Å²) < 4.78 is 0. The lowest BCUT2D eigenvalue weighted by Crippen LogP contribution is -2.44. The van der Waals surface area contributed by atoms with Gasteiger partial charge in [-0.25, -0.2) is 0 Å². The van der Waals surface area contributed by atoms with Crippen molar-refractivity contribution in [2.24, 2.45) is 4.99 Å². The molecule has 0 aromatic carbocycles. The Hall–Kier alpha value is -0.830. The minimum Gasteiger partial charge on any atom is -0.356 e. The molecule has 0 aliphatic heterocycles. The maximum Gasteiger partial charge on any atom is 0.221 e. The molecule has 7 heteroatoms. The van der Waals surface area contributed by atoms with E-state index in [9.17, 15) is 4.79 Å². The first kappa shape index (κ1) is 23.2. The van der Waals surface area contributed by atoms with Crippen LogP contribution in [0.3, 0.4) is 0 Å². The minimum absolute atomic E-state index is 0. The van der Waals surface area contributed by atoms with Gasteiger partial charge in [0.05, 0.1) is 0 Å². The number of nitrogens with one attached hydrogen (secondary N) is 3. The highest BCUT2D eigenvalue weighted by Gasteiger charge is 2.21. The van der Waals surface area contributed by atoms with E-state index in [1.54, 1.807) is 18.4 Å². The third-order valence-electron chi connectivity index (χ3n) is 3.77. The summed E-state index contributed by atoms with van der Waals surface area (Å²) in [6, 6.07) is 4.46. The summed E-state index contributed by atoms with van der Waals surface area (Å²) in [5, 5.41) is 11.6. The maximum atomic E-state index is 11.7. The van der Waals surface area contributed by atoms with Gasteiger partial charge in [-0.3, -0.25) is 9.79 Å². The van der Waals surface area contributed by atoms with Gasteiger partial charge in [-0.1, -0.05) is 26.8 Å². The fourth-order valence-electron chi connectivity index (χ4n) is 2.02. The molecule has 1 rings (SSSR count). The second-order valence-corrected chi connectivity index (χ2v) is 7.29. The lowest BCUT2D eigenvalue weighted by molar-refractivity contribution is -0.121. The summed E-state index contributed by atoms with van der Waals surface area (Å²) in [7, 11) is 1.74. The zero-order valence-corrected chi connectivity index (χ0v) is 18.5. The van der Waals surface area contributed by atoms with Gasteiger partial charge in [0.15, 0.2) is 5.96 Å². The predicted octanol–water partition coefficient (Wildman–Crippen LogP) is 3.11. The normalized spacial score (nSPS) is 13.0. The topological polar surface area (TPSA) is 65.5 Å². The molecule has 0 bridgehead atoms. The number of hydrogen-bond acceptors (Lipinski definition) is 3. The zero-order valence-electron chi connectivity index (χ0n) is 15.3. The Morgan fingerprint density at radius 2 is 2.08 bits per heavy atom. The quantitative estimate of drug-likeness (QED) is 0.314. The molecule has 0 aliphatic rings. The molecule has 138 valence electrons. The Bertz CT molecular complexity index is 503. The average molecular weight is 466 g/mol. The minimum atomic E-state index is 0. The van der Waals surface area contributed by atoms with Crippen molar-refractivity contribution in [1.82, 2.24) is 16.0 Å². The molecule has 0 aliphatic carbocycles. The first-order chi connectivity index (χ1) is 10.9. The molecule has 0 saturated carbocycles. The Kier molecular flexibility index (Phi) is 11.3. The van der Waals surface area contributed by atoms with E-state index < -0.39 is 0 Å². The first-order valence-electron chi connectivity index (χ1n) is 8.17. The van der Waals surface area contributed by atoms with Gasteiger partial charge in [0.25, 0.3) is 0 Å². The van der Waals surface area contributed by atoms with Gasteiger partial charge < -0.3 is 16.0 Å². The second-order valence-electron chi connectivity index (χ2n) is 6.34. The van der Waals surface area contributed by atoms with Crippen LogP contribution >= 0.6 is 35.3 Å². The third kappa shape index (κ3) is 8.32. The number of halogens is 1. The Morgan fingerprint density at radius 3 is 2.62 bits per heavy atom. The number of carbonyl (C=O) groups excluding carboxylic acids is 1. The van der Waals surface area contributed by atoms with E-state index in [4.69, 9.17) is 0 Å². The van der Waals surface area contributed by atoms with Gasteiger partial charge in [0.2, 0.25) is 5.91 Å². The van der Waals surface area contributed by atoms with E-state index in [1.807, 2.05) is 6.92 Å². The summed E-state index contributed by atoms with van der Waals surface area (Å²) in [4.78, 5) is 17.3. The molecule has 3 N–H and O–H groups in total. The van der Waals surface area contributed by atoms with Crippen LogP contribution in [0.1, 0.15) is 45.4 Å². The molecule has 24 heavy (non-hydrogen) atoms. The van der Waals surface area contributed by atoms with Crippen LogP contribution in [-0.4, -0.2) is 38.0 Å². The van der Waals surface area contributed by atoms with Crippen LogP contribution in [0, 0.1) is 0 Å². The Morgan fingerprint density at radius 1 is 1.38 bits per heavy atom. The molecule has 1 unspecified atom stereocenters. The van der Waals surface area contributed by atoms with Gasteiger partial charge in [-0.05, 0) is 24.8 Å². The standard InChI is InChI=1S/C17H30N4OS.HI/c1-6-13(2)21-15(22)9-10-19-16(18-5)20-12-17(3,4)14-8-7-11-23-14;/h7-8,11,13H,6,9-10,12H2,1-5H3,(H,21,22)(H2,18,19,20);1H. The Labute approximate surface area is 167 Å². The van der Waals surface area contributed by atoms with Crippen LogP contribution in [-0.2, 0) is 10.2 Å². The van der Waals surface area contributed by atoms with E-state index in [0.717, 1.165) is 18.9 Å². The van der Waals surface area contributed by atoms with Crippen molar-refractivity contribution in [2.45, 2.75) is 52.0 Å². The molecule has 0 saturated heterocycles. The van der Waals surface area contributed by atoms with Crippen molar-refractivity contribution in [3.05, 3.63) is 22.4 Å². The van der Waals surface area contributed by atoms with Crippen LogP contribution < -0.4 is 16.0 Å². The maximum absolute atomic E-state index is 11.7. The van der Waals surface area contributed by atoms with Crippen LogP contribution in [0.15, 0.2) is 22.5 Å². The molecule has 5 nitrogen and oxygen atoms in total. The number of guanidine groups is 1. The number of nitrogens with zero attached hydrogens (tertiary/aromatic N) is 1. The number of thiophene rings is 1. The van der Waals surface area contributed by atoms with Gasteiger partial charge >= 0.3 is 0 Å². The predicted molar refractivity (Wildman–Crippen MR) is 115 cm³/mol. The smallest absolute Gasteiger partial charge is 0.221 e. The molecule has 0 fully saturated rings. The van der Waals surface area contributed by atoms with E-state index in [1.165, 1.54) is 4.88 Å². The van der Waals surface area contributed by atoms with Gasteiger partial charge in [-0.15, -0.1) is 35.3 Å². The molecule has 1 amide bonds. The van der Waals surface area contributed by atoms with Gasteiger partial charge in [0, 0.05) is 42.9 Å². The summed E-state index contributed by atoms with van der Waals surface area (Å²) in [6.45, 7) is 9.84. The number of aliphatic imine (C=N–C) groups is 1. The molecule has 1 aromatic heterocycles. The zero-order chi connectivity index (χ0) is 17.3. The van der Waals surface area contributed by atoms with Crippen molar-refractivity contribution in [3.63, 3.8) is 0 Å². The largest absolute Gasteiger partial charge is 0.356 e. The lowest BCUT2D eigenvalue weighted by Gasteiger charge is -2.25. The highest BCUT2D eigenvalue weighted by atomic mass is 127. The van der Waals surface area contributed by atoms with Crippen LogP contribution in [0.2, 0.25) is 0 Å². The number of amides is 1. The van der Waals surface area contributed by atoms with Crippen molar-refractivity contribution in [2.75, 3.05) is 20.1 Å². The molecule has 1 aromatic rings. The van der Waals surface area contributed by atoms with E-state index in [0.29, 0.717) is 13.0 Å². The monoisotopic (exact) mass is 466 g/mol. The number of rotatable bonds is 8. The number of carbonyl (C=O) groups is 1. The highest BCUT2D eigenvalue weighted by molar-refractivity contribution is 14.0. The van der Waals surface area contributed by atoms with E-state index in [-0.39, 0.29) is 41.3 Å². The van der Waals surface area contributed by atoms with Crippen molar-refractivity contribution >= 4 is 47.2 Å². The summed E-state index contributed by atoms with van der Waals surface area (Å²) in [5.41, 5.74) is 0.0414. The van der Waals surface area contributed by atoms with Gasteiger partial charge in [0.1, 0.15) is 0 Å². The summed E-state index contributed by atoms with van der Waals surface area (Å²) >= 11 is 1.77. The fourth-order valence-corrected chi connectivity index (χ4v) is 2.87. The number of hydrogen-bond donors (Lipinski definition) is 3. The van der Waals surface area contributed by atoms with Crippen LogP contribution in [0.25, 0.3) is 0 Å². The first-order valence-corrected chi connectivity index (χ1v) is 9.05. The van der Waals surface area contributed by atoms with Crippen LogP contribution in [0.4, 0.5) is 0 Å². The molecule has 0 spiro atoms. The van der Waals surface area contributed by atoms with E-state index >= 15 is 0 Å². The third-order valence-corrected chi connectivity index (χ3v) is 5.01. The molecule has 0 radical (unpaired) electrons. The van der Waals surface area contributed by atoms with Gasteiger partial charge in [-0.2, -0.15) is 0 Å². The SMILES string of the molecule is CCC(C)NC(=O)CCNC(=NC)NCC(C)(C)c1cccs1.I. The Balaban J connectivity index is 0.00000529. The van der Waals surface area contributed by atoms with Crippen LogP contribution in [0.5, 0.6) is 0 Å². The molecule has 1 atom stereocenters. The molecular formula is C17H31IN4OS. The molecule has 1 heterocycles.